The highest BCUT2D eigenvalue weighted by atomic mass is 31.1. The molecule has 1 amide bonds. The molecular formula is C13H16NO5P. The molecule has 0 aliphatic carbocycles. The van der Waals surface area contributed by atoms with E-state index in [2.05, 4.69) is 0 Å². The Hall–Kier alpha value is -1.65. The number of aromatic hydroxyl groups is 1. The number of phenolic OH excluding ortho intramolecular Hbond substituents is 1. The van der Waals surface area contributed by atoms with Gasteiger partial charge in [0.1, 0.15) is 24.2 Å². The van der Waals surface area contributed by atoms with Crippen LogP contribution >= 0.6 is 8.58 Å². The number of carbonyl (C=O) groups is 2. The maximum atomic E-state index is 11.4. The molecule has 0 saturated carbocycles. The average molecular weight is 297 g/mol. The lowest BCUT2D eigenvalue weighted by molar-refractivity contribution is -0.121. The van der Waals surface area contributed by atoms with E-state index in [4.69, 9.17) is 15.2 Å². The van der Waals surface area contributed by atoms with Crippen molar-refractivity contribution in [2.75, 3.05) is 19.4 Å². The van der Waals surface area contributed by atoms with E-state index in [1.54, 1.807) is 12.1 Å². The fourth-order valence-electron chi connectivity index (χ4n) is 2.03. The summed E-state index contributed by atoms with van der Waals surface area (Å²) in [6.07, 6.45) is 0.927. The number of phenols is 1. The zero-order valence-corrected chi connectivity index (χ0v) is 11.7. The fourth-order valence-corrected chi connectivity index (χ4v) is 3.23. The molecular weight excluding hydrogens is 281 g/mol. The number of amides is 1. The highest BCUT2D eigenvalue weighted by Gasteiger charge is 2.31. The minimum absolute atomic E-state index is 0.0846. The normalized spacial score (nSPS) is 23.4. The Morgan fingerprint density at radius 2 is 2.40 bits per heavy atom. The molecule has 1 aliphatic heterocycles. The molecule has 0 radical (unpaired) electrons. The van der Waals surface area contributed by atoms with Crippen LogP contribution in [-0.2, 0) is 9.53 Å². The van der Waals surface area contributed by atoms with Gasteiger partial charge in [0.15, 0.2) is 6.29 Å². The van der Waals surface area contributed by atoms with E-state index in [0.717, 1.165) is 6.16 Å². The van der Waals surface area contributed by atoms with Crippen LogP contribution in [0.3, 0.4) is 0 Å². The van der Waals surface area contributed by atoms with Gasteiger partial charge in [0.05, 0.1) is 17.8 Å². The molecule has 0 aromatic heterocycles. The molecule has 0 spiro atoms. The zero-order chi connectivity index (χ0) is 14.5. The van der Waals surface area contributed by atoms with Crippen LogP contribution in [0.25, 0.3) is 0 Å². The fraction of sp³-hybridized carbons (Fsp3) is 0.385. The van der Waals surface area contributed by atoms with Gasteiger partial charge in [-0.25, -0.2) is 0 Å². The second-order valence-electron chi connectivity index (χ2n) is 4.36. The van der Waals surface area contributed by atoms with Crippen LogP contribution in [0.5, 0.6) is 11.5 Å². The zero-order valence-electron chi connectivity index (χ0n) is 10.7. The highest BCUT2D eigenvalue weighted by Crippen LogP contribution is 2.30. The van der Waals surface area contributed by atoms with Crippen LogP contribution < -0.4 is 10.5 Å². The maximum Gasteiger partial charge on any atom is 0.227 e. The second kappa shape index (κ2) is 6.68. The lowest BCUT2D eigenvalue weighted by Crippen LogP contribution is -2.44. The van der Waals surface area contributed by atoms with E-state index in [-0.39, 0.29) is 29.3 Å². The quantitative estimate of drug-likeness (QED) is 0.609. The first-order valence-corrected chi connectivity index (χ1v) is 7.46. The number of hydrogen-bond donors (Lipinski definition) is 2. The van der Waals surface area contributed by atoms with E-state index in [1.807, 2.05) is 0 Å². The first kappa shape index (κ1) is 14.8. The van der Waals surface area contributed by atoms with Crippen molar-refractivity contribution >= 4 is 20.8 Å². The van der Waals surface area contributed by atoms with E-state index in [1.165, 1.54) is 6.07 Å². The lowest BCUT2D eigenvalue weighted by atomic mass is 10.2. The number of hydrogen-bond acceptors (Lipinski definition) is 5. The van der Waals surface area contributed by atoms with Crippen molar-refractivity contribution in [2.24, 2.45) is 5.73 Å². The minimum atomic E-state index is -0.415. The summed E-state index contributed by atoms with van der Waals surface area (Å²) in [5.74, 6) is -0.278. The summed E-state index contributed by atoms with van der Waals surface area (Å²) in [6, 6.07) is 4.56. The molecule has 6 nitrogen and oxygen atoms in total. The van der Waals surface area contributed by atoms with Crippen LogP contribution in [0.1, 0.15) is 10.4 Å². The van der Waals surface area contributed by atoms with Crippen molar-refractivity contribution in [3.05, 3.63) is 23.8 Å². The molecule has 1 heterocycles. The number of carbonyl (C=O) groups excluding carboxylic acids is 2. The molecule has 1 aliphatic rings. The molecule has 0 bridgehead atoms. The molecule has 3 atom stereocenters. The van der Waals surface area contributed by atoms with Crippen LogP contribution in [0.4, 0.5) is 0 Å². The van der Waals surface area contributed by atoms with Gasteiger partial charge >= 0.3 is 0 Å². The van der Waals surface area contributed by atoms with Gasteiger partial charge in [0.2, 0.25) is 5.91 Å². The number of nitrogens with two attached hydrogens (primary N) is 1. The van der Waals surface area contributed by atoms with Gasteiger partial charge < -0.3 is 20.3 Å². The summed E-state index contributed by atoms with van der Waals surface area (Å²) in [5, 5.41) is 9.55. The smallest absolute Gasteiger partial charge is 0.227 e. The number of rotatable bonds is 5. The monoisotopic (exact) mass is 297 g/mol. The predicted molar refractivity (Wildman–Crippen MR) is 74.9 cm³/mol. The molecule has 7 heteroatoms. The van der Waals surface area contributed by atoms with Gasteiger partial charge in [-0.05, 0) is 18.3 Å². The van der Waals surface area contributed by atoms with E-state index >= 15 is 0 Å². The number of aldehydes is 1. The van der Waals surface area contributed by atoms with Gasteiger partial charge in [0, 0.05) is 0 Å². The summed E-state index contributed by atoms with van der Waals surface area (Å²) in [4.78, 5) is 22.3. The van der Waals surface area contributed by atoms with Crippen molar-refractivity contribution in [3.63, 3.8) is 0 Å². The van der Waals surface area contributed by atoms with Crippen LogP contribution in [0, 0.1) is 0 Å². The molecule has 108 valence electrons. The van der Waals surface area contributed by atoms with Crippen molar-refractivity contribution < 1.29 is 24.2 Å². The molecule has 1 fully saturated rings. The van der Waals surface area contributed by atoms with Gasteiger partial charge in [-0.2, -0.15) is 0 Å². The minimum Gasteiger partial charge on any atom is -0.507 e. The van der Waals surface area contributed by atoms with Crippen LogP contribution in [0.15, 0.2) is 18.2 Å². The Kier molecular flexibility index (Phi) is 4.93. The summed E-state index contributed by atoms with van der Waals surface area (Å²) < 4.78 is 11.0. The highest BCUT2D eigenvalue weighted by molar-refractivity contribution is 7.40. The lowest BCUT2D eigenvalue weighted by Gasteiger charge is -2.29. The van der Waals surface area contributed by atoms with Crippen molar-refractivity contribution in [1.29, 1.82) is 0 Å². The van der Waals surface area contributed by atoms with Gasteiger partial charge in [-0.1, -0.05) is 6.07 Å². The van der Waals surface area contributed by atoms with Crippen molar-refractivity contribution in [1.82, 2.24) is 0 Å². The molecule has 3 N–H and O–H groups in total. The molecule has 2 rings (SSSR count). The van der Waals surface area contributed by atoms with E-state index in [0.29, 0.717) is 21.5 Å². The standard InChI is InChI=1S/C13H16NO5P/c14-13(17)12-11(18-4-5-20-12)7-19-10-3-1-2-9(16)8(10)6-15/h1-3,6,11-12,16,20H,4-5,7H2,(H2,14,17). The number of primary amides is 1. The summed E-state index contributed by atoms with van der Waals surface area (Å²) >= 11 is 0. The SMILES string of the molecule is NC(=O)C1PCCOC1COc1cccc(O)c1C=O. The molecule has 3 unspecified atom stereocenters. The van der Waals surface area contributed by atoms with Crippen molar-refractivity contribution in [3.8, 4) is 11.5 Å². The molecule has 20 heavy (non-hydrogen) atoms. The topological polar surface area (TPSA) is 98.9 Å². The Bertz CT molecular complexity index is 508. The molecule has 1 aromatic rings. The van der Waals surface area contributed by atoms with Gasteiger partial charge in [-0.15, -0.1) is 8.58 Å². The Labute approximate surface area is 118 Å². The Balaban J connectivity index is 2.06. The van der Waals surface area contributed by atoms with E-state index in [9.17, 15) is 14.7 Å². The van der Waals surface area contributed by atoms with Crippen LogP contribution in [-0.4, -0.2) is 48.4 Å². The molecule has 1 saturated heterocycles. The van der Waals surface area contributed by atoms with Crippen LogP contribution in [0.2, 0.25) is 0 Å². The third-order valence-electron chi connectivity index (χ3n) is 3.04. The third kappa shape index (κ3) is 3.26. The third-order valence-corrected chi connectivity index (χ3v) is 4.63. The van der Waals surface area contributed by atoms with Gasteiger partial charge in [0.25, 0.3) is 0 Å². The van der Waals surface area contributed by atoms with E-state index < -0.39 is 12.0 Å². The predicted octanol–water partition coefficient (Wildman–Crippen LogP) is 0.515. The first-order chi connectivity index (χ1) is 9.63. The van der Waals surface area contributed by atoms with Crippen molar-refractivity contribution in [2.45, 2.75) is 11.8 Å². The van der Waals surface area contributed by atoms with Gasteiger partial charge in [-0.3, -0.25) is 9.59 Å². The first-order valence-electron chi connectivity index (χ1n) is 6.17. The second-order valence-corrected chi connectivity index (χ2v) is 5.89. The summed E-state index contributed by atoms with van der Waals surface area (Å²) in [5.41, 5.74) is 5.07. The Morgan fingerprint density at radius 1 is 1.60 bits per heavy atom. The summed E-state index contributed by atoms with van der Waals surface area (Å²) in [6.45, 7) is 0.682. The summed E-state index contributed by atoms with van der Waals surface area (Å²) in [7, 11) is 0.418. The molecule has 1 aromatic carbocycles. The largest absolute Gasteiger partial charge is 0.507 e. The Morgan fingerprint density at radius 3 is 3.10 bits per heavy atom. The number of benzene rings is 1. The number of ether oxygens (including phenoxy) is 2. The maximum absolute atomic E-state index is 11.4. The average Bonchev–Trinajstić information content (AvgIpc) is 2.45.